The van der Waals surface area contributed by atoms with Crippen molar-refractivity contribution in [2.45, 2.75) is 222 Å². The summed E-state index contributed by atoms with van der Waals surface area (Å²) in [5.41, 5.74) is 44.6. The Balaban J connectivity index is 2.43. The first kappa shape index (κ1) is 96.0. The van der Waals surface area contributed by atoms with Gasteiger partial charge < -0.3 is 135 Å². The van der Waals surface area contributed by atoms with E-state index in [2.05, 4.69) is 73.5 Å². The number of hydrogen-bond donors (Lipinski definition) is 24. The molecule has 43 nitrogen and oxygen atoms in total. The van der Waals surface area contributed by atoms with Gasteiger partial charge >= 0.3 is 17.9 Å². The molecule has 0 aliphatic carbocycles. The summed E-state index contributed by atoms with van der Waals surface area (Å²) in [5.74, 6) is -18.4. The van der Waals surface area contributed by atoms with Crippen LogP contribution < -0.4 is 104 Å². The molecular weight excluding hydrogens is 1460 g/mol. The highest BCUT2D eigenvalue weighted by atomic mass is 16.4. The molecule has 1 aromatic rings. The first-order valence-corrected chi connectivity index (χ1v) is 36.6. The predicted molar refractivity (Wildman–Crippen MR) is 402 cm³/mol. The van der Waals surface area contributed by atoms with Crippen LogP contribution in [0.2, 0.25) is 0 Å². The SMILES string of the molecule is CC[C@H](C)[C@H](NC(=O)[C@H](CCCCN)NC(=O)[C@@H](N)CCCN=C(N)N)C(=O)N[C@@H](CO)C(=O)N[C@@H](C)C(=O)N[C@@H](CO)C(=O)N[C@@H](CCC(=O)O)C(=O)N[C@@H](Cc1ccccc1)C(=O)N[C@@H](CC(=O)O)C(=O)N[C@@H](CCCN=C(N)N)C(=O)N1CCC[C@H]1C(=O)N[C@@H](CC(C)C)C(=O)N[C@@H](CCCN=C(N)N)C(=O)O. The first-order valence-electron chi connectivity index (χ1n) is 36.6. The van der Waals surface area contributed by atoms with Gasteiger partial charge in [-0.2, -0.15) is 0 Å². The molecule has 0 bridgehead atoms. The zero-order valence-corrected chi connectivity index (χ0v) is 63.3. The average molecular weight is 1570 g/mol. The highest BCUT2D eigenvalue weighted by molar-refractivity contribution is 6.00. The second-order valence-electron chi connectivity index (χ2n) is 27.1. The Morgan fingerprint density at radius 2 is 0.937 bits per heavy atom. The summed E-state index contributed by atoms with van der Waals surface area (Å²) >= 11 is 0. The van der Waals surface area contributed by atoms with Crippen molar-refractivity contribution in [3.8, 4) is 0 Å². The molecule has 14 atom stereocenters. The minimum Gasteiger partial charge on any atom is -0.481 e. The van der Waals surface area contributed by atoms with Gasteiger partial charge in [-0.25, -0.2) is 4.79 Å². The molecule has 2 rings (SSSR count). The minimum atomic E-state index is -2.05. The number of amides is 12. The number of carbonyl (C=O) groups excluding carboxylic acids is 12. The van der Waals surface area contributed by atoms with Crippen molar-refractivity contribution < 1.29 is 97.5 Å². The van der Waals surface area contributed by atoms with E-state index in [0.29, 0.717) is 31.2 Å². The third-order valence-corrected chi connectivity index (χ3v) is 17.6. The molecule has 43 heteroatoms. The van der Waals surface area contributed by atoms with Gasteiger partial charge in [0, 0.05) is 39.0 Å². The molecule has 1 aliphatic heterocycles. The van der Waals surface area contributed by atoms with Gasteiger partial charge in [0.25, 0.3) is 0 Å². The third kappa shape index (κ3) is 36.3. The van der Waals surface area contributed by atoms with Crippen LogP contribution in [0.15, 0.2) is 45.3 Å². The number of carbonyl (C=O) groups is 15. The fraction of sp³-hybridized carbons (Fsp3) is 0.647. The van der Waals surface area contributed by atoms with Gasteiger partial charge in [-0.1, -0.05) is 64.4 Å². The number of carboxylic acid groups (broad SMARTS) is 3. The molecule has 32 N–H and O–H groups in total. The van der Waals surface area contributed by atoms with Crippen molar-refractivity contribution in [3.05, 3.63) is 35.9 Å². The van der Waals surface area contributed by atoms with Crippen molar-refractivity contribution in [2.75, 3.05) is 45.9 Å². The van der Waals surface area contributed by atoms with E-state index in [1.165, 1.54) is 12.1 Å². The summed E-state index contributed by atoms with van der Waals surface area (Å²) in [4.78, 5) is 218. The number of hydrogen-bond acceptors (Lipinski definition) is 22. The Morgan fingerprint density at radius 3 is 1.47 bits per heavy atom. The third-order valence-electron chi connectivity index (χ3n) is 17.6. The van der Waals surface area contributed by atoms with E-state index in [-0.39, 0.29) is 114 Å². The number of rotatable bonds is 53. The van der Waals surface area contributed by atoms with E-state index in [1.54, 1.807) is 45.9 Å². The van der Waals surface area contributed by atoms with Crippen LogP contribution in [0.5, 0.6) is 0 Å². The molecule has 0 radical (unpaired) electrons. The van der Waals surface area contributed by atoms with Crippen LogP contribution in [0.1, 0.15) is 143 Å². The Hall–Kier alpha value is -11.1. The number of nitrogens with one attached hydrogen (secondary N) is 11. The number of guanidine groups is 3. The Kier molecular flexibility index (Phi) is 43.8. The summed E-state index contributed by atoms with van der Waals surface area (Å²) < 4.78 is 0. The molecule has 0 saturated carbocycles. The zero-order chi connectivity index (χ0) is 83.6. The van der Waals surface area contributed by atoms with Crippen LogP contribution >= 0.6 is 0 Å². The number of benzene rings is 1. The largest absolute Gasteiger partial charge is 0.481 e. The monoisotopic (exact) mass is 1570 g/mol. The maximum Gasteiger partial charge on any atom is 0.326 e. The lowest BCUT2D eigenvalue weighted by molar-refractivity contribution is -0.144. The van der Waals surface area contributed by atoms with E-state index in [0.717, 1.165) is 11.8 Å². The average Bonchev–Trinajstić information content (AvgIpc) is 1.64. The summed E-state index contributed by atoms with van der Waals surface area (Å²) in [6, 6.07) is -12.5. The topological polar surface area (TPSA) is 738 Å². The highest BCUT2D eigenvalue weighted by Gasteiger charge is 2.42. The van der Waals surface area contributed by atoms with Crippen LogP contribution in [-0.4, -0.2) is 262 Å². The molecule has 1 aliphatic rings. The molecule has 1 aromatic carbocycles. The molecule has 0 aromatic heterocycles. The number of aliphatic carboxylic acids is 3. The van der Waals surface area contributed by atoms with E-state index in [9.17, 15) is 97.5 Å². The maximum atomic E-state index is 14.7. The van der Waals surface area contributed by atoms with Gasteiger partial charge in [0.1, 0.15) is 72.5 Å². The second-order valence-corrected chi connectivity index (χ2v) is 27.1. The molecule has 622 valence electrons. The molecule has 1 heterocycles. The van der Waals surface area contributed by atoms with Gasteiger partial charge in [0.15, 0.2) is 17.9 Å². The maximum absolute atomic E-state index is 14.7. The lowest BCUT2D eigenvalue weighted by atomic mass is 9.97. The van der Waals surface area contributed by atoms with Gasteiger partial charge in [-0.3, -0.25) is 82.1 Å². The summed E-state index contributed by atoms with van der Waals surface area (Å²) in [7, 11) is 0. The number of aliphatic hydroxyl groups is 2. The Bertz CT molecular complexity index is 3370. The van der Waals surface area contributed by atoms with Crippen molar-refractivity contribution in [1.82, 2.24) is 63.4 Å². The molecule has 0 spiro atoms. The number of aliphatic hydroxyl groups excluding tert-OH is 2. The van der Waals surface area contributed by atoms with E-state index in [4.69, 9.17) is 45.9 Å². The molecule has 111 heavy (non-hydrogen) atoms. The van der Waals surface area contributed by atoms with Crippen LogP contribution in [0.3, 0.4) is 0 Å². The van der Waals surface area contributed by atoms with Gasteiger partial charge in [-0.15, -0.1) is 0 Å². The number of aliphatic imine (C=N–C) groups is 3. The molecule has 12 amide bonds. The number of likely N-dealkylation sites (tertiary alicyclic amines) is 1. The standard InChI is InChI=1S/C68H115N23O20/c1-6-36(4)52(90-56(101)40(19-10-11-25-69)81-54(99)39(70)18-12-26-77-66(71)72)63(108)89-47(33-92)60(105)80-37(5)53(98)88-48(34-93)61(106)82-41(23-24-50(94)95)55(100)85-45(31-38-16-8-7-9-17-38)58(103)86-46(32-51(96)97)59(104)83-42(20-13-27-78-67(73)74)64(109)91-29-15-22-49(91)62(107)87-44(30-35(2)3)57(102)84-43(65(110)111)21-14-28-79-68(75)76/h7-9,16-17,35-37,39-49,52,92-93H,6,10-15,18-34,69-70H2,1-5H3,(H,80,105)(H,81,99)(H,82,106)(H,83,104)(H,84,102)(H,85,100)(H,86,103)(H,87,107)(H,88,98)(H,89,108)(H,90,101)(H,94,95)(H,96,97)(H,110,111)(H4,71,72,77)(H4,73,74,78)(H4,75,76,79)/t36-,37-,39-,40-,41-,42-,43-,44-,45-,46-,47-,48-,49-,52-/m0/s1. The van der Waals surface area contributed by atoms with Gasteiger partial charge in [-0.05, 0) is 114 Å². The number of nitrogens with two attached hydrogens (primary N) is 8. The fourth-order valence-corrected chi connectivity index (χ4v) is 11.3. The Morgan fingerprint density at radius 1 is 0.486 bits per heavy atom. The minimum absolute atomic E-state index is 0.0100. The summed E-state index contributed by atoms with van der Waals surface area (Å²) in [6.07, 6.45) is -1.23. The van der Waals surface area contributed by atoms with Crippen LogP contribution in [0, 0.1) is 11.8 Å². The van der Waals surface area contributed by atoms with E-state index in [1.807, 2.05) is 0 Å². The molecule has 1 saturated heterocycles. The number of unbranched alkanes of at least 4 members (excludes halogenated alkanes) is 1. The van der Waals surface area contributed by atoms with Crippen molar-refractivity contribution in [3.63, 3.8) is 0 Å². The van der Waals surface area contributed by atoms with Crippen LogP contribution in [0.4, 0.5) is 0 Å². The summed E-state index contributed by atoms with van der Waals surface area (Å²) in [6.45, 7) is 6.03. The first-order chi connectivity index (χ1) is 52.4. The molecular formula is C68H115N23O20. The lowest BCUT2D eigenvalue weighted by Gasteiger charge is -2.31. The van der Waals surface area contributed by atoms with Crippen LogP contribution in [-0.2, 0) is 78.3 Å². The highest BCUT2D eigenvalue weighted by Crippen LogP contribution is 2.22. The second kappa shape index (κ2) is 50.6. The normalized spacial score (nSPS) is 15.9. The fourth-order valence-electron chi connectivity index (χ4n) is 11.3. The van der Waals surface area contributed by atoms with Gasteiger partial charge in [0.2, 0.25) is 70.9 Å². The van der Waals surface area contributed by atoms with Gasteiger partial charge in [0.05, 0.1) is 25.7 Å². The summed E-state index contributed by atoms with van der Waals surface area (Å²) in [5, 5.41) is 77.1. The van der Waals surface area contributed by atoms with E-state index < -0.39 is 212 Å². The van der Waals surface area contributed by atoms with E-state index >= 15 is 0 Å². The smallest absolute Gasteiger partial charge is 0.326 e. The molecule has 0 unspecified atom stereocenters. The van der Waals surface area contributed by atoms with Crippen molar-refractivity contribution in [2.24, 2.45) is 72.7 Å². The number of carboxylic acids is 3. The quantitative estimate of drug-likeness (QED) is 0.0164. The van der Waals surface area contributed by atoms with Crippen LogP contribution in [0.25, 0.3) is 0 Å². The molecule has 1 fully saturated rings. The van der Waals surface area contributed by atoms with Crippen molar-refractivity contribution >= 4 is 107 Å². The number of nitrogens with zero attached hydrogens (tertiary/aromatic N) is 4. The lowest BCUT2D eigenvalue weighted by Crippen LogP contribution is -2.61. The van der Waals surface area contributed by atoms with Crippen molar-refractivity contribution in [1.29, 1.82) is 0 Å². The Labute approximate surface area is 642 Å². The predicted octanol–water partition coefficient (Wildman–Crippen LogP) is -8.31. The zero-order valence-electron chi connectivity index (χ0n) is 63.3.